The molecule has 0 aliphatic carbocycles. The van der Waals surface area contributed by atoms with Crippen LogP contribution in [0.1, 0.15) is 54.4 Å². The monoisotopic (exact) mass is 415 g/mol. The first-order valence-electron chi connectivity index (χ1n) is 10.1. The highest BCUT2D eigenvalue weighted by Crippen LogP contribution is 2.13. The standard InChI is InChI=1S/C25H26BNO4/c1-13-7-15(3)22(16(4)8-13)26(23-17(5)9-14(2)10-18(23)6)19-11-20(24(28)29)27-21(12-19)25(30)31/h7-12H,1-6H3,(H,28,29)(H,30,31). The van der Waals surface area contributed by atoms with Gasteiger partial charge in [-0.05, 0) is 53.7 Å². The van der Waals surface area contributed by atoms with E-state index in [4.69, 9.17) is 0 Å². The van der Waals surface area contributed by atoms with Gasteiger partial charge >= 0.3 is 11.9 Å². The van der Waals surface area contributed by atoms with Crippen LogP contribution in [-0.4, -0.2) is 33.8 Å². The van der Waals surface area contributed by atoms with E-state index in [1.165, 1.54) is 12.1 Å². The third-order valence-electron chi connectivity index (χ3n) is 5.67. The number of aromatic carboxylic acids is 2. The van der Waals surface area contributed by atoms with Crippen LogP contribution in [0.3, 0.4) is 0 Å². The average molecular weight is 415 g/mol. The molecular formula is C25H26BNO4. The maximum atomic E-state index is 11.7. The lowest BCUT2D eigenvalue weighted by Gasteiger charge is -2.25. The minimum atomic E-state index is -1.25. The van der Waals surface area contributed by atoms with E-state index in [9.17, 15) is 19.8 Å². The molecule has 5 nitrogen and oxygen atoms in total. The molecule has 0 atom stereocenters. The highest BCUT2D eigenvalue weighted by Gasteiger charge is 2.30. The van der Waals surface area contributed by atoms with Crippen LogP contribution in [0.15, 0.2) is 36.4 Å². The van der Waals surface area contributed by atoms with Crippen molar-refractivity contribution >= 4 is 35.0 Å². The number of hydrogen-bond donors (Lipinski definition) is 2. The van der Waals surface area contributed by atoms with Crippen LogP contribution in [0.5, 0.6) is 0 Å². The zero-order chi connectivity index (χ0) is 23.0. The second-order valence-corrected chi connectivity index (χ2v) is 8.34. The quantitative estimate of drug-likeness (QED) is 0.626. The molecule has 2 aromatic carbocycles. The predicted molar refractivity (Wildman–Crippen MR) is 124 cm³/mol. The number of aryl methyl sites for hydroxylation is 6. The SMILES string of the molecule is Cc1cc(C)c(B(c2cc(C(=O)O)nc(C(=O)O)c2)c2c(C)cc(C)cc2C)c(C)c1. The molecule has 3 rings (SSSR count). The molecule has 0 spiro atoms. The normalized spacial score (nSPS) is 10.8. The molecule has 158 valence electrons. The minimum Gasteiger partial charge on any atom is -0.477 e. The average Bonchev–Trinajstić information content (AvgIpc) is 2.64. The Morgan fingerprint density at radius 1 is 0.645 bits per heavy atom. The molecule has 0 unspecified atom stereocenters. The lowest BCUT2D eigenvalue weighted by atomic mass is 9.34. The van der Waals surface area contributed by atoms with Crippen molar-refractivity contribution in [2.24, 2.45) is 0 Å². The molecule has 0 saturated heterocycles. The Morgan fingerprint density at radius 2 is 0.968 bits per heavy atom. The van der Waals surface area contributed by atoms with E-state index in [1.54, 1.807) is 0 Å². The van der Waals surface area contributed by atoms with Crippen molar-refractivity contribution in [1.82, 2.24) is 4.98 Å². The number of carbonyl (C=O) groups is 2. The molecule has 0 amide bonds. The molecule has 6 heteroatoms. The number of nitrogens with zero attached hydrogens (tertiary/aromatic N) is 1. The number of carboxylic acids is 2. The maximum Gasteiger partial charge on any atom is 0.354 e. The lowest BCUT2D eigenvalue weighted by Crippen LogP contribution is -2.56. The van der Waals surface area contributed by atoms with Gasteiger partial charge in [-0.1, -0.05) is 74.0 Å². The molecule has 3 aromatic rings. The van der Waals surface area contributed by atoms with Crippen molar-refractivity contribution in [3.63, 3.8) is 0 Å². The number of hydrogen-bond acceptors (Lipinski definition) is 3. The molecule has 31 heavy (non-hydrogen) atoms. The van der Waals surface area contributed by atoms with Gasteiger partial charge < -0.3 is 10.2 Å². The third-order valence-corrected chi connectivity index (χ3v) is 5.67. The second-order valence-electron chi connectivity index (χ2n) is 8.34. The Labute approximate surface area is 182 Å². The van der Waals surface area contributed by atoms with Crippen molar-refractivity contribution in [3.8, 4) is 0 Å². The van der Waals surface area contributed by atoms with Crippen molar-refractivity contribution in [3.05, 3.63) is 81.2 Å². The summed E-state index contributed by atoms with van der Waals surface area (Å²) in [4.78, 5) is 27.3. The number of aromatic nitrogens is 1. The van der Waals surface area contributed by atoms with Gasteiger partial charge in [0.1, 0.15) is 11.4 Å². The first kappa shape index (κ1) is 22.3. The molecule has 0 bridgehead atoms. The summed E-state index contributed by atoms with van der Waals surface area (Å²) in [6.45, 7) is 11.9. The largest absolute Gasteiger partial charge is 0.477 e. The Balaban J connectivity index is 2.45. The van der Waals surface area contributed by atoms with Gasteiger partial charge in [-0.3, -0.25) is 0 Å². The van der Waals surface area contributed by atoms with Gasteiger partial charge in [0.15, 0.2) is 0 Å². The summed E-state index contributed by atoms with van der Waals surface area (Å²) in [5.41, 5.74) is 8.76. The third kappa shape index (κ3) is 4.38. The summed E-state index contributed by atoms with van der Waals surface area (Å²) in [6, 6.07) is 11.4. The van der Waals surface area contributed by atoms with Crippen LogP contribution < -0.4 is 16.4 Å². The van der Waals surface area contributed by atoms with Gasteiger partial charge in [0.05, 0.1) is 0 Å². The van der Waals surface area contributed by atoms with Crippen LogP contribution in [0, 0.1) is 41.5 Å². The molecule has 0 aliphatic rings. The van der Waals surface area contributed by atoms with E-state index in [0.29, 0.717) is 5.46 Å². The van der Waals surface area contributed by atoms with Crippen molar-refractivity contribution in [2.45, 2.75) is 41.5 Å². The molecule has 2 N–H and O–H groups in total. The second kappa shape index (κ2) is 8.38. The van der Waals surface area contributed by atoms with Crippen LogP contribution in [0.4, 0.5) is 0 Å². The van der Waals surface area contributed by atoms with E-state index in [1.807, 2.05) is 41.5 Å². The van der Waals surface area contributed by atoms with Gasteiger partial charge in [0.25, 0.3) is 0 Å². The van der Waals surface area contributed by atoms with Crippen LogP contribution in [0.25, 0.3) is 0 Å². The van der Waals surface area contributed by atoms with Gasteiger partial charge in [-0.25, -0.2) is 14.6 Å². The van der Waals surface area contributed by atoms with Crippen LogP contribution in [-0.2, 0) is 0 Å². The molecule has 0 saturated carbocycles. The Morgan fingerprint density at radius 3 is 1.26 bits per heavy atom. The highest BCUT2D eigenvalue weighted by molar-refractivity contribution is 6.96. The highest BCUT2D eigenvalue weighted by atomic mass is 16.4. The van der Waals surface area contributed by atoms with E-state index < -0.39 is 11.9 Å². The summed E-state index contributed by atoms with van der Waals surface area (Å²) >= 11 is 0. The fraction of sp³-hybridized carbons (Fsp3) is 0.240. The number of pyridine rings is 1. The smallest absolute Gasteiger partial charge is 0.354 e. The first-order chi connectivity index (χ1) is 14.5. The number of benzene rings is 2. The fourth-order valence-electron chi connectivity index (χ4n) is 4.71. The molecule has 0 radical (unpaired) electrons. The molecule has 0 fully saturated rings. The zero-order valence-corrected chi connectivity index (χ0v) is 18.7. The predicted octanol–water partition coefficient (Wildman–Crippen LogP) is 2.84. The molecule has 1 heterocycles. The van der Waals surface area contributed by atoms with Crippen molar-refractivity contribution in [1.29, 1.82) is 0 Å². The summed E-state index contributed by atoms with van der Waals surface area (Å²) in [5, 5.41) is 19.1. The van der Waals surface area contributed by atoms with E-state index in [0.717, 1.165) is 44.3 Å². The van der Waals surface area contributed by atoms with E-state index >= 15 is 0 Å². The van der Waals surface area contributed by atoms with Crippen molar-refractivity contribution in [2.75, 3.05) is 0 Å². The first-order valence-corrected chi connectivity index (χ1v) is 10.1. The summed E-state index contributed by atoms with van der Waals surface area (Å²) in [6.07, 6.45) is 0. The Bertz CT molecular complexity index is 1080. The molecular weight excluding hydrogens is 389 g/mol. The fourth-order valence-corrected chi connectivity index (χ4v) is 4.71. The summed E-state index contributed by atoms with van der Waals surface area (Å²) < 4.78 is 0. The molecule has 0 aliphatic heterocycles. The van der Waals surface area contributed by atoms with E-state index in [2.05, 4.69) is 29.2 Å². The summed E-state index contributed by atoms with van der Waals surface area (Å²) in [7, 11) is 0. The summed E-state index contributed by atoms with van der Waals surface area (Å²) in [5.74, 6) is -2.50. The van der Waals surface area contributed by atoms with Gasteiger partial charge in [-0.15, -0.1) is 0 Å². The Hall–Kier alpha value is -3.41. The van der Waals surface area contributed by atoms with Crippen LogP contribution in [0.2, 0.25) is 0 Å². The van der Waals surface area contributed by atoms with Crippen molar-refractivity contribution < 1.29 is 19.8 Å². The van der Waals surface area contributed by atoms with E-state index in [-0.39, 0.29) is 18.1 Å². The lowest BCUT2D eigenvalue weighted by molar-refractivity contribution is 0.0685. The zero-order valence-electron chi connectivity index (χ0n) is 18.7. The number of rotatable bonds is 5. The van der Waals surface area contributed by atoms with Gasteiger partial charge in [0, 0.05) is 0 Å². The Kier molecular flexibility index (Phi) is 6.02. The number of carboxylic acid groups (broad SMARTS) is 2. The topological polar surface area (TPSA) is 87.5 Å². The molecule has 1 aromatic heterocycles. The van der Waals surface area contributed by atoms with Gasteiger partial charge in [-0.2, -0.15) is 0 Å². The minimum absolute atomic E-state index is 0.273. The maximum absolute atomic E-state index is 11.7. The van der Waals surface area contributed by atoms with Crippen LogP contribution >= 0.6 is 0 Å². The van der Waals surface area contributed by atoms with Gasteiger partial charge in [0.2, 0.25) is 6.71 Å².